The van der Waals surface area contributed by atoms with Crippen LogP contribution in [0.25, 0.3) is 22.4 Å². The number of benzene rings is 2. The van der Waals surface area contributed by atoms with Crippen molar-refractivity contribution in [2.24, 2.45) is 0 Å². The maximum Gasteiger partial charge on any atom is 0.217 e. The molecule has 154 valence electrons. The summed E-state index contributed by atoms with van der Waals surface area (Å²) in [5.74, 6) is -1.34. The highest BCUT2D eigenvalue weighted by atomic mass is 19.2. The number of phenols is 1. The maximum absolute atomic E-state index is 14.5. The van der Waals surface area contributed by atoms with Gasteiger partial charge in [-0.15, -0.1) is 0 Å². The Morgan fingerprint density at radius 2 is 1.90 bits per heavy atom. The Bertz CT molecular complexity index is 1100. The Morgan fingerprint density at radius 3 is 2.67 bits per heavy atom. The Balaban J connectivity index is 1.80. The standard InChI is InChI=1S/C23H21F2N3O2/c1-14(29)26-16-9-10-28(13-16)22-12-15(17-6-4-7-19(24)23(17)25)11-20(27-22)18-5-2-3-8-21(18)30/h2-8,11-12,16,30H,9-10,13H2,1H3,(H,26,29). The van der Waals surface area contributed by atoms with Gasteiger partial charge in [0.15, 0.2) is 11.6 Å². The summed E-state index contributed by atoms with van der Waals surface area (Å²) >= 11 is 0. The Kier molecular flexibility index (Phi) is 5.35. The average Bonchev–Trinajstić information content (AvgIpc) is 3.18. The summed E-state index contributed by atoms with van der Waals surface area (Å²) in [7, 11) is 0. The van der Waals surface area contributed by atoms with Crippen molar-refractivity contribution in [1.82, 2.24) is 10.3 Å². The number of aromatic hydroxyl groups is 1. The molecule has 1 unspecified atom stereocenters. The van der Waals surface area contributed by atoms with Gasteiger partial charge in [0, 0.05) is 37.2 Å². The van der Waals surface area contributed by atoms with Crippen LogP contribution in [0, 0.1) is 11.6 Å². The summed E-state index contributed by atoms with van der Waals surface area (Å²) in [5.41, 5.74) is 1.52. The van der Waals surface area contributed by atoms with Gasteiger partial charge >= 0.3 is 0 Å². The van der Waals surface area contributed by atoms with Crippen LogP contribution in [0.15, 0.2) is 54.6 Å². The Labute approximate surface area is 173 Å². The van der Waals surface area contributed by atoms with Gasteiger partial charge in [-0.25, -0.2) is 13.8 Å². The molecule has 1 amide bonds. The molecule has 0 bridgehead atoms. The SMILES string of the molecule is CC(=O)NC1CCN(c2cc(-c3cccc(F)c3F)cc(-c3ccccc3O)n2)C1. The number of para-hydroxylation sites is 1. The van der Waals surface area contributed by atoms with Crippen LogP contribution >= 0.6 is 0 Å². The number of halogens is 2. The minimum absolute atomic E-state index is 0.00700. The molecule has 0 radical (unpaired) electrons. The molecule has 1 fully saturated rings. The van der Waals surface area contributed by atoms with Crippen LogP contribution < -0.4 is 10.2 Å². The lowest BCUT2D eigenvalue weighted by Gasteiger charge is -2.20. The van der Waals surface area contributed by atoms with E-state index in [1.165, 1.54) is 19.1 Å². The molecule has 1 saturated heterocycles. The first kappa shape index (κ1) is 19.8. The molecule has 5 nitrogen and oxygen atoms in total. The molecular weight excluding hydrogens is 388 g/mol. The van der Waals surface area contributed by atoms with Crippen molar-refractivity contribution in [2.45, 2.75) is 19.4 Å². The number of hydrogen-bond acceptors (Lipinski definition) is 4. The third-order valence-electron chi connectivity index (χ3n) is 5.17. The first-order valence-corrected chi connectivity index (χ1v) is 9.69. The molecule has 1 aliphatic rings. The van der Waals surface area contributed by atoms with E-state index in [1.807, 2.05) is 4.90 Å². The predicted molar refractivity (Wildman–Crippen MR) is 111 cm³/mol. The first-order valence-electron chi connectivity index (χ1n) is 9.69. The van der Waals surface area contributed by atoms with Gasteiger partial charge in [-0.3, -0.25) is 4.79 Å². The van der Waals surface area contributed by atoms with Gasteiger partial charge < -0.3 is 15.3 Å². The summed E-state index contributed by atoms with van der Waals surface area (Å²) in [4.78, 5) is 18.0. The third kappa shape index (κ3) is 3.96. The topological polar surface area (TPSA) is 65.5 Å². The fraction of sp³-hybridized carbons (Fsp3) is 0.217. The molecule has 0 spiro atoms. The number of aromatic nitrogens is 1. The van der Waals surface area contributed by atoms with Crippen molar-refractivity contribution in [3.63, 3.8) is 0 Å². The van der Waals surface area contributed by atoms with E-state index in [2.05, 4.69) is 10.3 Å². The summed E-state index contributed by atoms with van der Waals surface area (Å²) in [6.45, 7) is 2.69. The van der Waals surface area contributed by atoms with E-state index in [4.69, 9.17) is 0 Å². The van der Waals surface area contributed by atoms with E-state index in [0.29, 0.717) is 35.7 Å². The second-order valence-electron chi connectivity index (χ2n) is 7.35. The predicted octanol–water partition coefficient (Wildman–Crippen LogP) is 4.11. The lowest BCUT2D eigenvalue weighted by molar-refractivity contribution is -0.119. The molecule has 4 rings (SSSR count). The number of pyridine rings is 1. The number of anilines is 1. The molecule has 1 aliphatic heterocycles. The van der Waals surface area contributed by atoms with Crippen LogP contribution in [-0.4, -0.2) is 35.1 Å². The van der Waals surface area contributed by atoms with Crippen molar-refractivity contribution in [3.8, 4) is 28.1 Å². The number of hydrogen-bond donors (Lipinski definition) is 2. The molecular formula is C23H21F2N3O2. The summed E-state index contributed by atoms with van der Waals surface area (Å²) in [6.07, 6.45) is 0.756. The minimum Gasteiger partial charge on any atom is -0.507 e. The van der Waals surface area contributed by atoms with E-state index >= 15 is 0 Å². The number of nitrogens with one attached hydrogen (secondary N) is 1. The normalized spacial score (nSPS) is 16.0. The van der Waals surface area contributed by atoms with Crippen LogP contribution in [-0.2, 0) is 4.79 Å². The van der Waals surface area contributed by atoms with Crippen molar-refractivity contribution < 1.29 is 18.7 Å². The third-order valence-corrected chi connectivity index (χ3v) is 5.17. The smallest absolute Gasteiger partial charge is 0.217 e. The largest absolute Gasteiger partial charge is 0.507 e. The van der Waals surface area contributed by atoms with Crippen LogP contribution in [0.3, 0.4) is 0 Å². The van der Waals surface area contributed by atoms with Crippen molar-refractivity contribution in [1.29, 1.82) is 0 Å². The van der Waals surface area contributed by atoms with E-state index in [0.717, 1.165) is 12.5 Å². The number of carbonyl (C=O) groups is 1. The lowest BCUT2D eigenvalue weighted by Crippen LogP contribution is -2.35. The summed E-state index contributed by atoms with van der Waals surface area (Å²) < 4.78 is 28.4. The molecule has 2 heterocycles. The molecule has 1 aromatic heterocycles. The van der Waals surface area contributed by atoms with Gasteiger partial charge in [-0.2, -0.15) is 0 Å². The number of nitrogens with zero attached hydrogens (tertiary/aromatic N) is 2. The molecule has 30 heavy (non-hydrogen) atoms. The Morgan fingerprint density at radius 1 is 1.13 bits per heavy atom. The van der Waals surface area contributed by atoms with Crippen molar-refractivity contribution >= 4 is 11.7 Å². The molecule has 3 aromatic rings. The number of phenolic OH excluding ortho intramolecular Hbond substituents is 1. The van der Waals surface area contributed by atoms with Crippen LogP contribution in [0.4, 0.5) is 14.6 Å². The minimum atomic E-state index is -0.935. The fourth-order valence-corrected chi connectivity index (χ4v) is 3.76. The van der Waals surface area contributed by atoms with Gasteiger partial charge in [-0.05, 0) is 42.3 Å². The van der Waals surface area contributed by atoms with E-state index < -0.39 is 11.6 Å². The summed E-state index contributed by atoms with van der Waals surface area (Å²) in [6, 6.07) is 14.1. The van der Waals surface area contributed by atoms with Crippen LogP contribution in [0.2, 0.25) is 0 Å². The van der Waals surface area contributed by atoms with Gasteiger partial charge in [0.25, 0.3) is 0 Å². The highest BCUT2D eigenvalue weighted by Crippen LogP contribution is 2.35. The second-order valence-corrected chi connectivity index (χ2v) is 7.35. The molecule has 0 saturated carbocycles. The zero-order chi connectivity index (χ0) is 21.3. The molecule has 2 aromatic carbocycles. The van der Waals surface area contributed by atoms with Crippen molar-refractivity contribution in [3.05, 3.63) is 66.2 Å². The molecule has 2 N–H and O–H groups in total. The lowest BCUT2D eigenvalue weighted by atomic mass is 10.0. The number of amides is 1. The Hall–Kier alpha value is -3.48. The molecule has 1 atom stereocenters. The second kappa shape index (κ2) is 8.10. The quantitative estimate of drug-likeness (QED) is 0.681. The number of rotatable bonds is 4. The maximum atomic E-state index is 14.5. The monoisotopic (exact) mass is 409 g/mol. The van der Waals surface area contributed by atoms with Crippen LogP contribution in [0.5, 0.6) is 5.75 Å². The zero-order valence-electron chi connectivity index (χ0n) is 16.4. The van der Waals surface area contributed by atoms with Crippen molar-refractivity contribution in [2.75, 3.05) is 18.0 Å². The van der Waals surface area contributed by atoms with Gasteiger partial charge in [-0.1, -0.05) is 24.3 Å². The van der Waals surface area contributed by atoms with Gasteiger partial charge in [0.1, 0.15) is 11.6 Å². The zero-order valence-corrected chi connectivity index (χ0v) is 16.4. The van der Waals surface area contributed by atoms with E-state index in [9.17, 15) is 18.7 Å². The van der Waals surface area contributed by atoms with Gasteiger partial charge in [0.2, 0.25) is 5.91 Å². The van der Waals surface area contributed by atoms with E-state index in [1.54, 1.807) is 36.4 Å². The molecule has 7 heteroatoms. The molecule has 0 aliphatic carbocycles. The number of carbonyl (C=O) groups excluding carboxylic acids is 1. The van der Waals surface area contributed by atoms with E-state index in [-0.39, 0.29) is 23.3 Å². The average molecular weight is 409 g/mol. The highest BCUT2D eigenvalue weighted by Gasteiger charge is 2.25. The summed E-state index contributed by atoms with van der Waals surface area (Å²) in [5, 5.41) is 13.2. The fourth-order valence-electron chi connectivity index (χ4n) is 3.76. The highest BCUT2D eigenvalue weighted by molar-refractivity contribution is 5.77. The first-order chi connectivity index (χ1) is 14.4. The van der Waals surface area contributed by atoms with Gasteiger partial charge in [0.05, 0.1) is 5.69 Å². The van der Waals surface area contributed by atoms with Crippen LogP contribution in [0.1, 0.15) is 13.3 Å².